The molecule has 0 amide bonds. The number of halogens is 2. The van der Waals surface area contributed by atoms with Crippen LogP contribution in [-0.4, -0.2) is 48.7 Å². The molecule has 3 rings (SSSR count). The highest BCUT2D eigenvalue weighted by molar-refractivity contribution is 7.90. The highest BCUT2D eigenvalue weighted by atomic mass is 35.5. The molecule has 1 unspecified atom stereocenters. The van der Waals surface area contributed by atoms with Gasteiger partial charge in [0.2, 0.25) is 5.78 Å². The second kappa shape index (κ2) is 7.93. The minimum atomic E-state index is -3.59. The highest BCUT2D eigenvalue weighted by Gasteiger charge is 2.29. The highest BCUT2D eigenvalue weighted by Crippen LogP contribution is 2.38. The first-order valence-electron chi connectivity index (χ1n) is 8.89. The number of rotatable bonds is 5. The van der Waals surface area contributed by atoms with Crippen molar-refractivity contribution in [2.24, 2.45) is 0 Å². The zero-order valence-corrected chi connectivity index (χ0v) is 17.9. The third-order valence-electron chi connectivity index (χ3n) is 4.80. The molecule has 2 aromatic rings. The van der Waals surface area contributed by atoms with Crippen molar-refractivity contribution in [3.05, 3.63) is 44.8 Å². The predicted molar refractivity (Wildman–Crippen MR) is 110 cm³/mol. The quantitative estimate of drug-likeness (QED) is 0.563. The van der Waals surface area contributed by atoms with Crippen LogP contribution in [-0.2, 0) is 16.4 Å². The summed E-state index contributed by atoms with van der Waals surface area (Å²) >= 11 is 12.8. The molecule has 0 aliphatic carbocycles. The number of carbonyl (C=O) groups is 1. The Morgan fingerprint density at radius 2 is 2.04 bits per heavy atom. The van der Waals surface area contributed by atoms with E-state index in [4.69, 9.17) is 23.2 Å². The molecule has 0 radical (unpaired) electrons. The lowest BCUT2D eigenvalue weighted by molar-refractivity contribution is 0.103. The van der Waals surface area contributed by atoms with Gasteiger partial charge in [-0.05, 0) is 31.9 Å². The Hall–Kier alpha value is -1.77. The van der Waals surface area contributed by atoms with Crippen LogP contribution in [0.5, 0.6) is 0 Å². The summed E-state index contributed by atoms with van der Waals surface area (Å²) < 4.78 is 25.9. The standard InChI is InChI=1S/C18H21Cl2N3O4S/c1-3-23-18(25)13(9-21-23)17(24)12-6-7-14(28(2,26)27)16(15(12)20)22-8-4-5-11(19)10-22/h6-7,9,11,21H,3-5,8,10H2,1-2H3. The number of aromatic amines is 1. The van der Waals surface area contributed by atoms with Crippen LogP contribution in [0.25, 0.3) is 0 Å². The number of hydrogen-bond donors (Lipinski definition) is 1. The molecular formula is C18H21Cl2N3O4S. The van der Waals surface area contributed by atoms with E-state index in [0.29, 0.717) is 19.6 Å². The molecule has 152 valence electrons. The number of benzene rings is 1. The lowest BCUT2D eigenvalue weighted by Gasteiger charge is -2.33. The molecule has 0 saturated carbocycles. The maximum absolute atomic E-state index is 13.0. The average molecular weight is 446 g/mol. The van der Waals surface area contributed by atoms with Gasteiger partial charge < -0.3 is 10.00 Å². The van der Waals surface area contributed by atoms with E-state index >= 15 is 0 Å². The second-order valence-corrected chi connectivity index (χ2v) is 9.78. The predicted octanol–water partition coefficient (Wildman–Crippen LogP) is 2.69. The molecule has 1 fully saturated rings. The fourth-order valence-corrected chi connectivity index (χ4v) is 5.04. The molecule has 7 nitrogen and oxygen atoms in total. The van der Waals surface area contributed by atoms with Crippen LogP contribution in [0, 0.1) is 0 Å². The first-order chi connectivity index (χ1) is 13.1. The number of aromatic nitrogens is 2. The van der Waals surface area contributed by atoms with Crippen molar-refractivity contribution in [2.45, 2.75) is 36.6 Å². The van der Waals surface area contributed by atoms with Gasteiger partial charge in [-0.1, -0.05) is 11.6 Å². The van der Waals surface area contributed by atoms with Gasteiger partial charge >= 0.3 is 0 Å². The van der Waals surface area contributed by atoms with Gasteiger partial charge in [-0.15, -0.1) is 11.6 Å². The molecule has 0 spiro atoms. The van der Waals surface area contributed by atoms with Crippen LogP contribution >= 0.6 is 23.2 Å². The van der Waals surface area contributed by atoms with Crippen LogP contribution in [0.2, 0.25) is 5.02 Å². The molecule has 1 aliphatic heterocycles. The summed E-state index contributed by atoms with van der Waals surface area (Å²) in [5.74, 6) is -0.556. The number of nitrogens with zero attached hydrogens (tertiary/aromatic N) is 2. The van der Waals surface area contributed by atoms with Crippen molar-refractivity contribution in [3.63, 3.8) is 0 Å². The number of sulfone groups is 1. The van der Waals surface area contributed by atoms with Gasteiger partial charge in [0.15, 0.2) is 9.84 Å². The molecule has 2 heterocycles. The maximum Gasteiger partial charge on any atom is 0.277 e. The van der Waals surface area contributed by atoms with Crippen molar-refractivity contribution in [1.29, 1.82) is 0 Å². The van der Waals surface area contributed by atoms with Crippen LogP contribution in [0.3, 0.4) is 0 Å². The summed E-state index contributed by atoms with van der Waals surface area (Å²) in [4.78, 5) is 27.1. The van der Waals surface area contributed by atoms with Gasteiger partial charge in [-0.25, -0.2) is 8.42 Å². The van der Waals surface area contributed by atoms with E-state index < -0.39 is 21.2 Å². The average Bonchev–Trinajstić information content (AvgIpc) is 3.00. The summed E-state index contributed by atoms with van der Waals surface area (Å²) in [5.41, 5.74) is -0.140. The summed E-state index contributed by atoms with van der Waals surface area (Å²) in [6.07, 6.45) is 4.04. The molecule has 10 heteroatoms. The fourth-order valence-electron chi connectivity index (χ4n) is 3.40. The summed E-state index contributed by atoms with van der Waals surface area (Å²) in [5, 5.41) is 2.61. The molecule has 1 saturated heterocycles. The first-order valence-corrected chi connectivity index (χ1v) is 11.6. The Labute approximate surface area is 173 Å². The van der Waals surface area contributed by atoms with E-state index in [0.717, 1.165) is 19.1 Å². The van der Waals surface area contributed by atoms with E-state index in [1.807, 2.05) is 0 Å². The Bertz CT molecular complexity index is 1070. The van der Waals surface area contributed by atoms with Gasteiger partial charge in [-0.3, -0.25) is 14.3 Å². The minimum absolute atomic E-state index is 0.0161. The van der Waals surface area contributed by atoms with Crippen molar-refractivity contribution in [2.75, 3.05) is 24.2 Å². The lowest BCUT2D eigenvalue weighted by Crippen LogP contribution is -2.37. The number of carbonyl (C=O) groups excluding carboxylic acids is 1. The Balaban J connectivity index is 2.16. The largest absolute Gasteiger partial charge is 0.368 e. The SMILES string of the molecule is CCn1[nH]cc(C(=O)c2ccc(S(C)(=O)=O)c(N3CCCC(Cl)C3)c2Cl)c1=O. The monoisotopic (exact) mass is 445 g/mol. The minimum Gasteiger partial charge on any atom is -0.368 e. The van der Waals surface area contributed by atoms with Gasteiger partial charge in [0, 0.05) is 37.7 Å². The Morgan fingerprint density at radius 3 is 2.61 bits per heavy atom. The fraction of sp³-hybridized carbons (Fsp3) is 0.444. The van der Waals surface area contributed by atoms with Crippen molar-refractivity contribution in [1.82, 2.24) is 9.78 Å². The molecule has 1 atom stereocenters. The maximum atomic E-state index is 13.0. The van der Waals surface area contributed by atoms with Crippen LogP contribution in [0.1, 0.15) is 35.7 Å². The molecule has 28 heavy (non-hydrogen) atoms. The number of nitrogens with one attached hydrogen (secondary N) is 1. The summed E-state index contributed by atoms with van der Waals surface area (Å²) in [6.45, 7) is 3.17. The molecule has 0 bridgehead atoms. The van der Waals surface area contributed by atoms with Crippen LogP contribution in [0.15, 0.2) is 28.0 Å². The first kappa shape index (κ1) is 21.0. The molecule has 1 aliphatic rings. The summed E-state index contributed by atoms with van der Waals surface area (Å²) in [7, 11) is -3.59. The van der Waals surface area contributed by atoms with E-state index in [1.54, 1.807) is 11.8 Å². The molecule has 1 aromatic carbocycles. The van der Waals surface area contributed by atoms with Crippen LogP contribution < -0.4 is 10.5 Å². The third-order valence-corrected chi connectivity index (χ3v) is 6.67. The second-order valence-electron chi connectivity index (χ2n) is 6.80. The molecule has 1 aromatic heterocycles. The van der Waals surface area contributed by atoms with Crippen molar-refractivity contribution < 1.29 is 13.2 Å². The smallest absolute Gasteiger partial charge is 0.277 e. The number of H-pyrrole nitrogens is 1. The molecular weight excluding hydrogens is 425 g/mol. The number of hydrogen-bond acceptors (Lipinski definition) is 5. The third kappa shape index (κ3) is 3.86. The van der Waals surface area contributed by atoms with Crippen molar-refractivity contribution >= 4 is 44.5 Å². The lowest BCUT2D eigenvalue weighted by atomic mass is 10.0. The number of ketones is 1. The number of anilines is 1. The number of aryl methyl sites for hydroxylation is 1. The Morgan fingerprint density at radius 1 is 1.32 bits per heavy atom. The number of piperidine rings is 1. The zero-order valence-electron chi connectivity index (χ0n) is 15.5. The van der Waals surface area contributed by atoms with Crippen LogP contribution in [0.4, 0.5) is 5.69 Å². The van der Waals surface area contributed by atoms with E-state index in [-0.39, 0.29) is 32.1 Å². The van der Waals surface area contributed by atoms with Crippen molar-refractivity contribution in [3.8, 4) is 0 Å². The van der Waals surface area contributed by atoms with E-state index in [1.165, 1.54) is 23.0 Å². The van der Waals surface area contributed by atoms with Gasteiger partial charge in [0.05, 0.1) is 21.0 Å². The normalized spacial score (nSPS) is 17.7. The Kier molecular flexibility index (Phi) is 5.93. The van der Waals surface area contributed by atoms with E-state index in [2.05, 4.69) is 5.10 Å². The number of alkyl halides is 1. The van der Waals surface area contributed by atoms with Gasteiger partial charge in [-0.2, -0.15) is 0 Å². The van der Waals surface area contributed by atoms with Gasteiger partial charge in [0.25, 0.3) is 5.56 Å². The zero-order chi connectivity index (χ0) is 20.6. The molecule has 1 N–H and O–H groups in total. The topological polar surface area (TPSA) is 92.2 Å². The van der Waals surface area contributed by atoms with Gasteiger partial charge in [0.1, 0.15) is 5.56 Å². The summed E-state index contributed by atoms with van der Waals surface area (Å²) in [6, 6.07) is 2.72. The van der Waals surface area contributed by atoms with E-state index in [9.17, 15) is 18.0 Å².